The molecule has 0 heterocycles. The molecule has 4 aromatic rings. The lowest BCUT2D eigenvalue weighted by Gasteiger charge is -2.33. The number of methoxy groups -OCH3 is 2. The van der Waals surface area contributed by atoms with E-state index in [-0.39, 0.29) is 0 Å². The number of benzene rings is 4. The Hall–Kier alpha value is -4.29. The smallest absolute Gasteiger partial charge is 0.280 e. The number of nitrogens with one attached hydrogen (secondary N) is 1. The molecule has 0 aliphatic heterocycles. The van der Waals surface area contributed by atoms with Gasteiger partial charge in [0.2, 0.25) is 0 Å². The van der Waals surface area contributed by atoms with E-state index in [1.54, 1.807) is 67.8 Å². The summed E-state index contributed by atoms with van der Waals surface area (Å²) in [5, 5.41) is 13.6. The van der Waals surface area contributed by atoms with Crippen LogP contribution in [0.3, 0.4) is 0 Å². The minimum absolute atomic E-state index is 0.400. The number of para-hydroxylation sites is 2. The summed E-state index contributed by atoms with van der Waals surface area (Å²) in [7, 11) is 3.13. The second-order valence-corrected chi connectivity index (χ2v) is 7.61. The maximum atomic E-state index is 13.9. The van der Waals surface area contributed by atoms with Crippen molar-refractivity contribution in [1.82, 2.24) is 5.43 Å². The molecule has 4 rings (SSSR count). The Morgan fingerprint density at radius 2 is 1.06 bits per heavy atom. The van der Waals surface area contributed by atoms with Crippen molar-refractivity contribution in [1.29, 1.82) is 0 Å². The molecule has 0 aromatic heterocycles. The molecule has 34 heavy (non-hydrogen) atoms. The number of carbonyl (C=O) groups is 1. The Bertz CT molecular complexity index is 1120. The van der Waals surface area contributed by atoms with E-state index in [0.29, 0.717) is 22.6 Å². The molecule has 0 saturated carbocycles. The second kappa shape index (κ2) is 10.1. The van der Waals surface area contributed by atoms with Crippen molar-refractivity contribution in [2.75, 3.05) is 19.2 Å². The van der Waals surface area contributed by atoms with Crippen LogP contribution < -0.4 is 19.9 Å². The average Bonchev–Trinajstić information content (AvgIpc) is 2.92. The highest BCUT2D eigenvalue weighted by Gasteiger charge is 2.41. The molecule has 1 amide bonds. The van der Waals surface area contributed by atoms with E-state index < -0.39 is 11.5 Å². The maximum absolute atomic E-state index is 13.9. The van der Waals surface area contributed by atoms with E-state index in [1.807, 2.05) is 60.7 Å². The van der Waals surface area contributed by atoms with Gasteiger partial charge in [0.15, 0.2) is 5.60 Å². The lowest BCUT2D eigenvalue weighted by atomic mass is 9.85. The Labute approximate surface area is 199 Å². The van der Waals surface area contributed by atoms with Crippen molar-refractivity contribution in [2.24, 2.45) is 0 Å². The number of hydrogen-bond acceptors (Lipinski definition) is 5. The van der Waals surface area contributed by atoms with Gasteiger partial charge in [0, 0.05) is 0 Å². The highest BCUT2D eigenvalue weighted by molar-refractivity contribution is 5.92. The molecule has 0 saturated heterocycles. The highest BCUT2D eigenvalue weighted by atomic mass is 16.5. The Kier molecular flexibility index (Phi) is 6.80. The molecule has 172 valence electrons. The quantitative estimate of drug-likeness (QED) is 0.374. The minimum Gasteiger partial charge on any atom is -0.497 e. The van der Waals surface area contributed by atoms with E-state index in [0.717, 1.165) is 11.4 Å². The molecule has 4 aromatic carbocycles. The van der Waals surface area contributed by atoms with E-state index in [9.17, 15) is 9.90 Å². The van der Waals surface area contributed by atoms with Gasteiger partial charge < -0.3 is 14.6 Å². The zero-order chi connectivity index (χ0) is 24.0. The molecule has 0 bridgehead atoms. The second-order valence-electron chi connectivity index (χ2n) is 7.61. The van der Waals surface area contributed by atoms with Gasteiger partial charge in [-0.15, -0.1) is 0 Å². The fourth-order valence-corrected chi connectivity index (χ4v) is 3.71. The normalized spacial score (nSPS) is 10.9. The number of ether oxygens (including phenoxy) is 2. The van der Waals surface area contributed by atoms with Crippen LogP contribution in [0.5, 0.6) is 11.5 Å². The predicted molar refractivity (Wildman–Crippen MR) is 132 cm³/mol. The van der Waals surface area contributed by atoms with Crippen LogP contribution in [0.2, 0.25) is 0 Å². The van der Waals surface area contributed by atoms with Crippen LogP contribution in [0.15, 0.2) is 109 Å². The first-order chi connectivity index (χ1) is 16.6. The molecule has 6 heteroatoms. The number of amides is 1. The standard InChI is InChI=1S/C28H26N2O4/c1-33-25-17-13-21(14-18-25)28(32,22-15-19-26(34-2)20-16-22)27(31)29-30(23-9-5-3-6-10-23)24-11-7-4-8-12-24/h3-20,32H,1-2H3,(H,29,31). The fourth-order valence-electron chi connectivity index (χ4n) is 3.71. The topological polar surface area (TPSA) is 71.0 Å². The Balaban J connectivity index is 1.78. The predicted octanol–water partition coefficient (Wildman–Crippen LogP) is 4.81. The lowest BCUT2D eigenvalue weighted by molar-refractivity contribution is -0.136. The van der Waals surface area contributed by atoms with Crippen LogP contribution in [-0.2, 0) is 10.4 Å². The van der Waals surface area contributed by atoms with Crippen molar-refractivity contribution in [3.63, 3.8) is 0 Å². The number of aliphatic hydroxyl groups is 1. The summed E-state index contributed by atoms with van der Waals surface area (Å²) in [5.74, 6) is 0.628. The number of anilines is 2. The number of hydrogen-bond donors (Lipinski definition) is 2. The summed E-state index contributed by atoms with van der Waals surface area (Å²) < 4.78 is 10.5. The van der Waals surface area contributed by atoms with E-state index in [1.165, 1.54) is 0 Å². The molecule has 0 unspecified atom stereocenters. The Morgan fingerprint density at radius 3 is 1.41 bits per heavy atom. The molecule has 0 radical (unpaired) electrons. The molecule has 2 N–H and O–H groups in total. The number of carbonyl (C=O) groups excluding carboxylic acids is 1. The first-order valence-electron chi connectivity index (χ1n) is 10.8. The minimum atomic E-state index is -1.99. The van der Waals surface area contributed by atoms with Crippen molar-refractivity contribution < 1.29 is 19.4 Å². The number of hydrazine groups is 1. The fraction of sp³-hybridized carbons (Fsp3) is 0.107. The first kappa shape index (κ1) is 22.9. The van der Waals surface area contributed by atoms with Crippen LogP contribution in [0, 0.1) is 0 Å². The third-order valence-electron chi connectivity index (χ3n) is 5.59. The highest BCUT2D eigenvalue weighted by Crippen LogP contribution is 2.33. The molecule has 6 nitrogen and oxygen atoms in total. The van der Waals surface area contributed by atoms with Crippen molar-refractivity contribution in [3.05, 3.63) is 120 Å². The van der Waals surface area contributed by atoms with Crippen LogP contribution >= 0.6 is 0 Å². The summed E-state index contributed by atoms with van der Waals surface area (Å²) in [6.07, 6.45) is 0. The van der Waals surface area contributed by atoms with E-state index in [2.05, 4.69) is 5.43 Å². The first-order valence-corrected chi connectivity index (χ1v) is 10.8. The monoisotopic (exact) mass is 454 g/mol. The third kappa shape index (κ3) is 4.58. The SMILES string of the molecule is COc1ccc(C(O)(C(=O)NN(c2ccccc2)c2ccccc2)c2ccc(OC)cc2)cc1. The van der Waals surface area contributed by atoms with Crippen molar-refractivity contribution in [2.45, 2.75) is 5.60 Å². The summed E-state index contributed by atoms with van der Waals surface area (Å²) in [5.41, 5.74) is 3.23. The zero-order valence-electron chi connectivity index (χ0n) is 19.0. The van der Waals surface area contributed by atoms with Crippen LogP contribution in [0.25, 0.3) is 0 Å². The van der Waals surface area contributed by atoms with Gasteiger partial charge in [-0.3, -0.25) is 15.2 Å². The summed E-state index contributed by atoms with van der Waals surface area (Å²) in [4.78, 5) is 13.9. The molecule has 0 aliphatic rings. The number of rotatable bonds is 8. The van der Waals surface area contributed by atoms with Gasteiger partial charge in [-0.25, -0.2) is 0 Å². The van der Waals surface area contributed by atoms with Crippen LogP contribution in [0.1, 0.15) is 11.1 Å². The summed E-state index contributed by atoms with van der Waals surface area (Å²) >= 11 is 0. The molecule has 0 aliphatic carbocycles. The largest absolute Gasteiger partial charge is 0.497 e. The van der Waals surface area contributed by atoms with Gasteiger partial charge in [0.05, 0.1) is 25.6 Å². The van der Waals surface area contributed by atoms with Gasteiger partial charge in [-0.05, 0) is 59.7 Å². The van der Waals surface area contributed by atoms with Gasteiger partial charge >= 0.3 is 0 Å². The summed E-state index contributed by atoms with van der Waals surface area (Å²) in [6, 6.07) is 32.4. The van der Waals surface area contributed by atoms with E-state index >= 15 is 0 Å². The van der Waals surface area contributed by atoms with Gasteiger partial charge in [0.25, 0.3) is 5.91 Å². The third-order valence-corrected chi connectivity index (χ3v) is 5.59. The molecule has 0 fully saturated rings. The lowest BCUT2D eigenvalue weighted by Crippen LogP contribution is -2.51. The molecular weight excluding hydrogens is 428 g/mol. The molecule has 0 spiro atoms. The zero-order valence-corrected chi connectivity index (χ0v) is 19.0. The maximum Gasteiger partial charge on any atom is 0.280 e. The van der Waals surface area contributed by atoms with Crippen LogP contribution in [0.4, 0.5) is 11.4 Å². The Morgan fingerprint density at radius 1 is 0.676 bits per heavy atom. The van der Waals surface area contributed by atoms with Crippen LogP contribution in [-0.4, -0.2) is 25.2 Å². The number of nitrogens with zero attached hydrogens (tertiary/aromatic N) is 1. The van der Waals surface area contributed by atoms with Crippen molar-refractivity contribution >= 4 is 17.3 Å². The molecule has 0 atom stereocenters. The van der Waals surface area contributed by atoms with Gasteiger partial charge in [-0.2, -0.15) is 0 Å². The van der Waals surface area contributed by atoms with Crippen molar-refractivity contribution in [3.8, 4) is 11.5 Å². The van der Waals surface area contributed by atoms with Gasteiger partial charge in [0.1, 0.15) is 11.5 Å². The molecular formula is C28H26N2O4. The van der Waals surface area contributed by atoms with Gasteiger partial charge in [-0.1, -0.05) is 60.7 Å². The summed E-state index contributed by atoms with van der Waals surface area (Å²) in [6.45, 7) is 0. The van der Waals surface area contributed by atoms with E-state index in [4.69, 9.17) is 9.47 Å². The average molecular weight is 455 g/mol.